The van der Waals surface area contributed by atoms with Crippen molar-refractivity contribution in [2.75, 3.05) is 20.3 Å². The van der Waals surface area contributed by atoms with E-state index in [9.17, 15) is 0 Å². The standard InChI is InChI=1S/C32H41BFN3O4/c1-20-16-25-23(11-12-27-26(25)18-35-37(27)29-8-6-7-15-39-29)30(36(20)19-32(34)13-14-32)24-10-9-22(17-28(24)38-5)33-40-21(2)31(3,4)41-33/h9-12,17-18,20-21,29-30H,6-8,13-16,19H2,1-5H3/t20-,21?,29?,30+/m1/s1. The van der Waals surface area contributed by atoms with Gasteiger partial charge in [0.05, 0.1) is 36.6 Å². The van der Waals surface area contributed by atoms with Crippen molar-refractivity contribution in [3.8, 4) is 5.75 Å². The van der Waals surface area contributed by atoms with Crippen LogP contribution >= 0.6 is 0 Å². The molecule has 0 radical (unpaired) electrons. The Morgan fingerprint density at radius 1 is 1.12 bits per heavy atom. The van der Waals surface area contributed by atoms with E-state index in [0.29, 0.717) is 19.4 Å². The third-order valence-electron chi connectivity index (χ3n) is 9.85. The van der Waals surface area contributed by atoms with Gasteiger partial charge in [0, 0.05) is 30.1 Å². The minimum absolute atomic E-state index is 0.0192. The summed E-state index contributed by atoms with van der Waals surface area (Å²) in [5.74, 6) is 0.761. The third kappa shape index (κ3) is 4.79. The number of fused-ring (bicyclic) bond motifs is 3. The fraction of sp³-hybridized carbons (Fsp3) is 0.594. The molecule has 1 aromatic heterocycles. The highest BCUT2D eigenvalue weighted by Crippen LogP contribution is 2.48. The number of rotatable bonds is 6. The first kappa shape index (κ1) is 27.4. The Balaban J connectivity index is 1.32. The van der Waals surface area contributed by atoms with Crippen LogP contribution in [0.15, 0.2) is 36.5 Å². The molecule has 4 aliphatic rings. The molecule has 2 aromatic carbocycles. The Kier molecular flexibility index (Phi) is 6.73. The molecule has 0 N–H and O–H groups in total. The highest BCUT2D eigenvalue weighted by molar-refractivity contribution is 6.62. The van der Waals surface area contributed by atoms with Crippen LogP contribution in [0.5, 0.6) is 5.75 Å². The minimum Gasteiger partial charge on any atom is -0.496 e. The summed E-state index contributed by atoms with van der Waals surface area (Å²) in [5.41, 5.74) is 4.05. The molecule has 3 aliphatic heterocycles. The van der Waals surface area contributed by atoms with Gasteiger partial charge in [-0.25, -0.2) is 9.07 Å². The van der Waals surface area contributed by atoms with Crippen molar-refractivity contribution in [3.05, 3.63) is 53.2 Å². The lowest BCUT2D eigenvalue weighted by Crippen LogP contribution is -2.46. The SMILES string of the molecule is COc1cc(B2OC(C)C(C)(C)O2)ccc1[C@@H]1c2ccc3c(cnn3C3CCCCO3)c2C[C@@H](C)N1CC1(F)CC1. The van der Waals surface area contributed by atoms with Gasteiger partial charge < -0.3 is 18.8 Å². The van der Waals surface area contributed by atoms with Crippen molar-refractivity contribution in [2.24, 2.45) is 0 Å². The maximum Gasteiger partial charge on any atom is 0.494 e. The number of methoxy groups -OCH3 is 1. The summed E-state index contributed by atoms with van der Waals surface area (Å²) in [6.45, 7) is 9.55. The summed E-state index contributed by atoms with van der Waals surface area (Å²) < 4.78 is 42.0. The zero-order valence-corrected chi connectivity index (χ0v) is 24.9. The van der Waals surface area contributed by atoms with Gasteiger partial charge in [0.1, 0.15) is 11.4 Å². The van der Waals surface area contributed by atoms with E-state index in [1.165, 1.54) is 11.1 Å². The average Bonchev–Trinajstić information content (AvgIpc) is 3.41. The molecule has 0 spiro atoms. The average molecular weight is 562 g/mol. The van der Waals surface area contributed by atoms with Gasteiger partial charge in [-0.3, -0.25) is 4.90 Å². The first-order valence-electron chi connectivity index (χ1n) is 15.2. The van der Waals surface area contributed by atoms with E-state index in [1.807, 2.05) is 19.2 Å². The molecule has 1 aliphatic carbocycles. The predicted octanol–water partition coefficient (Wildman–Crippen LogP) is 5.49. The molecule has 7 nitrogen and oxygen atoms in total. The molecule has 4 heterocycles. The lowest BCUT2D eigenvalue weighted by molar-refractivity contribution is -0.0366. The number of halogens is 1. The Morgan fingerprint density at radius 2 is 1.93 bits per heavy atom. The van der Waals surface area contributed by atoms with Gasteiger partial charge in [-0.05, 0) is 94.9 Å². The fourth-order valence-electron chi connectivity index (χ4n) is 6.88. The number of ether oxygens (including phenoxy) is 2. The Bertz CT molecular complexity index is 1450. The van der Waals surface area contributed by atoms with E-state index in [4.69, 9.17) is 23.9 Å². The monoisotopic (exact) mass is 561 g/mol. The van der Waals surface area contributed by atoms with Gasteiger partial charge in [-0.2, -0.15) is 5.10 Å². The van der Waals surface area contributed by atoms with Gasteiger partial charge in [-0.15, -0.1) is 0 Å². The molecule has 7 rings (SSSR count). The highest BCUT2D eigenvalue weighted by atomic mass is 19.1. The summed E-state index contributed by atoms with van der Waals surface area (Å²) >= 11 is 0. The lowest BCUT2D eigenvalue weighted by Gasteiger charge is -2.43. The molecule has 4 atom stereocenters. The molecular formula is C32H41BFN3O4. The first-order valence-corrected chi connectivity index (χ1v) is 15.2. The van der Waals surface area contributed by atoms with Crippen molar-refractivity contribution in [3.63, 3.8) is 0 Å². The molecule has 1 saturated carbocycles. The summed E-state index contributed by atoms with van der Waals surface area (Å²) in [4.78, 5) is 2.35. The molecule has 0 amide bonds. The van der Waals surface area contributed by atoms with Crippen LogP contribution in [0.1, 0.15) is 88.8 Å². The van der Waals surface area contributed by atoms with Crippen molar-refractivity contribution in [1.29, 1.82) is 0 Å². The van der Waals surface area contributed by atoms with Crippen LogP contribution in [-0.2, 0) is 20.5 Å². The van der Waals surface area contributed by atoms with Crippen LogP contribution in [0.4, 0.5) is 4.39 Å². The van der Waals surface area contributed by atoms with E-state index in [2.05, 4.69) is 54.6 Å². The minimum atomic E-state index is -1.11. The third-order valence-corrected chi connectivity index (χ3v) is 9.85. The van der Waals surface area contributed by atoms with Gasteiger partial charge in [0.25, 0.3) is 0 Å². The van der Waals surface area contributed by atoms with Crippen LogP contribution < -0.4 is 10.2 Å². The van der Waals surface area contributed by atoms with Gasteiger partial charge in [0.15, 0.2) is 6.23 Å². The summed E-state index contributed by atoms with van der Waals surface area (Å²) in [7, 11) is 1.25. The van der Waals surface area contributed by atoms with Gasteiger partial charge >= 0.3 is 7.12 Å². The molecular weight excluding hydrogens is 520 g/mol. The molecule has 0 bridgehead atoms. The van der Waals surface area contributed by atoms with E-state index in [1.54, 1.807) is 7.11 Å². The number of hydrogen-bond donors (Lipinski definition) is 0. The predicted molar refractivity (Wildman–Crippen MR) is 157 cm³/mol. The molecule has 2 unspecified atom stereocenters. The first-order chi connectivity index (χ1) is 19.7. The van der Waals surface area contributed by atoms with Crippen molar-refractivity contribution in [1.82, 2.24) is 14.7 Å². The van der Waals surface area contributed by atoms with Crippen LogP contribution in [0.2, 0.25) is 0 Å². The lowest BCUT2D eigenvalue weighted by atomic mass is 9.77. The quantitative estimate of drug-likeness (QED) is 0.371. The molecule has 9 heteroatoms. The second-order valence-corrected chi connectivity index (χ2v) is 13.1. The topological polar surface area (TPSA) is 58.0 Å². The smallest absolute Gasteiger partial charge is 0.494 e. The van der Waals surface area contributed by atoms with E-state index >= 15 is 4.39 Å². The van der Waals surface area contributed by atoms with E-state index < -0.39 is 12.8 Å². The van der Waals surface area contributed by atoms with Crippen LogP contribution in [0.3, 0.4) is 0 Å². The molecule has 3 fully saturated rings. The number of hydrogen-bond acceptors (Lipinski definition) is 6. The van der Waals surface area contributed by atoms with Crippen LogP contribution in [0, 0.1) is 0 Å². The molecule has 41 heavy (non-hydrogen) atoms. The maximum absolute atomic E-state index is 15.4. The summed E-state index contributed by atoms with van der Waals surface area (Å²) in [6, 6.07) is 10.6. The van der Waals surface area contributed by atoms with E-state index in [-0.39, 0.29) is 30.0 Å². The zero-order chi connectivity index (χ0) is 28.5. The Morgan fingerprint density at radius 3 is 2.61 bits per heavy atom. The highest BCUT2D eigenvalue weighted by Gasteiger charge is 2.49. The van der Waals surface area contributed by atoms with Crippen molar-refractivity contribution >= 4 is 23.5 Å². The molecule has 218 valence electrons. The van der Waals surface area contributed by atoms with Crippen LogP contribution in [-0.4, -0.2) is 65.5 Å². The largest absolute Gasteiger partial charge is 0.496 e. The fourth-order valence-corrected chi connectivity index (χ4v) is 6.88. The Hall–Kier alpha value is -2.46. The second kappa shape index (κ2) is 10.1. The number of aromatic nitrogens is 2. The van der Waals surface area contributed by atoms with E-state index in [0.717, 1.165) is 60.0 Å². The van der Waals surface area contributed by atoms with Crippen molar-refractivity contribution < 1.29 is 23.2 Å². The number of alkyl halides is 1. The summed E-state index contributed by atoms with van der Waals surface area (Å²) in [6.07, 6.45) is 7.29. The second-order valence-electron chi connectivity index (χ2n) is 13.1. The van der Waals surface area contributed by atoms with Crippen LogP contribution in [0.25, 0.3) is 10.9 Å². The molecule has 2 saturated heterocycles. The van der Waals surface area contributed by atoms with Crippen molar-refractivity contribution in [2.45, 2.75) is 102 Å². The Labute approximate surface area is 242 Å². The normalized spacial score (nSPS) is 29.1. The number of nitrogens with zero attached hydrogens (tertiary/aromatic N) is 3. The zero-order valence-electron chi connectivity index (χ0n) is 24.9. The van der Waals surface area contributed by atoms with Gasteiger partial charge in [0.2, 0.25) is 0 Å². The molecule has 3 aromatic rings. The summed E-state index contributed by atoms with van der Waals surface area (Å²) in [5, 5.41) is 5.97. The van der Waals surface area contributed by atoms with Gasteiger partial charge in [-0.1, -0.05) is 18.2 Å². The number of benzene rings is 2. The maximum atomic E-state index is 15.4.